The van der Waals surface area contributed by atoms with E-state index >= 15 is 0 Å². The highest BCUT2D eigenvalue weighted by molar-refractivity contribution is 5.40. The van der Waals surface area contributed by atoms with Gasteiger partial charge in [0.1, 0.15) is 0 Å². The predicted octanol–water partition coefficient (Wildman–Crippen LogP) is 0.738. The SMILES string of the molecule is COc1cc2ncccn2n1. The Labute approximate surface area is 63.4 Å². The van der Waals surface area contributed by atoms with Gasteiger partial charge in [-0.2, -0.15) is 0 Å². The lowest BCUT2D eigenvalue weighted by Crippen LogP contribution is -1.87. The highest BCUT2D eigenvalue weighted by Crippen LogP contribution is 2.08. The zero-order valence-corrected chi connectivity index (χ0v) is 6.06. The van der Waals surface area contributed by atoms with Gasteiger partial charge in [-0.15, -0.1) is 5.10 Å². The second kappa shape index (κ2) is 2.23. The molecule has 0 fully saturated rings. The lowest BCUT2D eigenvalue weighted by Gasteiger charge is -1.87. The highest BCUT2D eigenvalue weighted by atomic mass is 16.5. The van der Waals surface area contributed by atoms with Crippen LogP contribution in [-0.2, 0) is 0 Å². The van der Waals surface area contributed by atoms with Crippen LogP contribution >= 0.6 is 0 Å². The van der Waals surface area contributed by atoms with Gasteiger partial charge in [0, 0.05) is 18.5 Å². The van der Waals surface area contributed by atoms with E-state index in [1.807, 2.05) is 12.3 Å². The second-order valence-corrected chi connectivity index (χ2v) is 2.11. The van der Waals surface area contributed by atoms with Crippen molar-refractivity contribution in [3.05, 3.63) is 24.5 Å². The molecule has 0 amide bonds. The number of ether oxygens (including phenoxy) is 1. The minimum atomic E-state index is 0.587. The van der Waals surface area contributed by atoms with Gasteiger partial charge in [0.05, 0.1) is 7.11 Å². The third-order valence-electron chi connectivity index (χ3n) is 1.42. The van der Waals surface area contributed by atoms with Gasteiger partial charge in [-0.3, -0.25) is 0 Å². The molecule has 0 unspecified atom stereocenters. The van der Waals surface area contributed by atoms with Crippen molar-refractivity contribution in [2.75, 3.05) is 7.11 Å². The molecule has 56 valence electrons. The van der Waals surface area contributed by atoms with Crippen molar-refractivity contribution in [3.63, 3.8) is 0 Å². The molecule has 2 aromatic rings. The molecule has 11 heavy (non-hydrogen) atoms. The van der Waals surface area contributed by atoms with Crippen molar-refractivity contribution in [2.45, 2.75) is 0 Å². The third-order valence-corrected chi connectivity index (χ3v) is 1.42. The van der Waals surface area contributed by atoms with E-state index in [4.69, 9.17) is 4.74 Å². The molecule has 0 N–H and O–H groups in total. The molecule has 0 atom stereocenters. The maximum Gasteiger partial charge on any atom is 0.235 e. The van der Waals surface area contributed by atoms with Gasteiger partial charge in [-0.1, -0.05) is 0 Å². The number of aromatic nitrogens is 3. The normalized spacial score (nSPS) is 10.3. The zero-order chi connectivity index (χ0) is 7.68. The number of nitrogens with zero attached hydrogens (tertiary/aromatic N) is 3. The van der Waals surface area contributed by atoms with Crippen molar-refractivity contribution in [2.24, 2.45) is 0 Å². The summed E-state index contributed by atoms with van der Waals surface area (Å²) in [7, 11) is 1.59. The molecule has 0 saturated carbocycles. The fourth-order valence-electron chi connectivity index (χ4n) is 0.908. The van der Waals surface area contributed by atoms with Crippen LogP contribution in [-0.4, -0.2) is 21.7 Å². The quantitative estimate of drug-likeness (QED) is 0.600. The highest BCUT2D eigenvalue weighted by Gasteiger charge is 1.98. The van der Waals surface area contributed by atoms with Crippen molar-refractivity contribution in [3.8, 4) is 5.88 Å². The first kappa shape index (κ1) is 6.15. The fraction of sp³-hybridized carbons (Fsp3) is 0.143. The lowest BCUT2D eigenvalue weighted by atomic mass is 10.6. The number of hydrogen-bond donors (Lipinski definition) is 0. The number of methoxy groups -OCH3 is 1. The Kier molecular flexibility index (Phi) is 1.25. The number of fused-ring (bicyclic) bond motifs is 1. The van der Waals surface area contributed by atoms with Gasteiger partial charge < -0.3 is 4.74 Å². The summed E-state index contributed by atoms with van der Waals surface area (Å²) in [6.45, 7) is 0. The average molecular weight is 149 g/mol. The molecule has 2 heterocycles. The van der Waals surface area contributed by atoms with E-state index in [-0.39, 0.29) is 0 Å². The fourth-order valence-corrected chi connectivity index (χ4v) is 0.908. The summed E-state index contributed by atoms with van der Waals surface area (Å²) in [5.74, 6) is 0.587. The molecular weight excluding hydrogens is 142 g/mol. The van der Waals surface area contributed by atoms with Crippen LogP contribution in [0.1, 0.15) is 0 Å². The Hall–Kier alpha value is -1.58. The van der Waals surface area contributed by atoms with E-state index in [0.717, 1.165) is 5.65 Å². The van der Waals surface area contributed by atoms with Gasteiger partial charge in [0.25, 0.3) is 0 Å². The Bertz CT molecular complexity index is 335. The van der Waals surface area contributed by atoms with E-state index < -0.39 is 0 Å². The third kappa shape index (κ3) is 0.920. The maximum absolute atomic E-state index is 4.93. The number of hydrogen-bond acceptors (Lipinski definition) is 3. The van der Waals surface area contributed by atoms with Crippen LogP contribution in [0.25, 0.3) is 5.65 Å². The van der Waals surface area contributed by atoms with E-state index in [0.29, 0.717) is 5.88 Å². The minimum absolute atomic E-state index is 0.587. The molecular formula is C7H7N3O. The monoisotopic (exact) mass is 149 g/mol. The van der Waals surface area contributed by atoms with E-state index in [2.05, 4.69) is 10.1 Å². The molecule has 0 aromatic carbocycles. The van der Waals surface area contributed by atoms with Crippen molar-refractivity contribution in [1.82, 2.24) is 14.6 Å². The van der Waals surface area contributed by atoms with Crippen LogP contribution in [0.5, 0.6) is 5.88 Å². The molecule has 0 aliphatic heterocycles. The topological polar surface area (TPSA) is 39.4 Å². The summed E-state index contributed by atoms with van der Waals surface area (Å²) in [5.41, 5.74) is 0.796. The summed E-state index contributed by atoms with van der Waals surface area (Å²) in [4.78, 5) is 4.07. The molecule has 4 heteroatoms. The van der Waals surface area contributed by atoms with Crippen LogP contribution in [0.3, 0.4) is 0 Å². The van der Waals surface area contributed by atoms with Gasteiger partial charge in [0.2, 0.25) is 5.88 Å². The lowest BCUT2D eigenvalue weighted by molar-refractivity contribution is 0.395. The van der Waals surface area contributed by atoms with Crippen LogP contribution < -0.4 is 4.74 Å². The van der Waals surface area contributed by atoms with E-state index in [1.165, 1.54) is 0 Å². The Morgan fingerprint density at radius 3 is 3.18 bits per heavy atom. The first-order valence-corrected chi connectivity index (χ1v) is 3.24. The van der Waals surface area contributed by atoms with Gasteiger partial charge in [-0.25, -0.2) is 9.50 Å². The van der Waals surface area contributed by atoms with Gasteiger partial charge in [0.15, 0.2) is 5.65 Å². The van der Waals surface area contributed by atoms with E-state index in [1.54, 1.807) is 23.9 Å². The maximum atomic E-state index is 4.93. The average Bonchev–Trinajstić information content (AvgIpc) is 2.46. The summed E-state index contributed by atoms with van der Waals surface area (Å²) >= 11 is 0. The first-order valence-electron chi connectivity index (χ1n) is 3.24. The molecule has 0 bridgehead atoms. The molecule has 0 aliphatic carbocycles. The smallest absolute Gasteiger partial charge is 0.235 e. The van der Waals surface area contributed by atoms with Gasteiger partial charge >= 0.3 is 0 Å². The van der Waals surface area contributed by atoms with Crippen LogP contribution in [0.4, 0.5) is 0 Å². The van der Waals surface area contributed by atoms with Crippen LogP contribution in [0.2, 0.25) is 0 Å². The molecule has 2 rings (SSSR count). The van der Waals surface area contributed by atoms with Crippen LogP contribution in [0, 0.1) is 0 Å². The summed E-state index contributed by atoms with van der Waals surface area (Å²) < 4.78 is 6.59. The van der Waals surface area contributed by atoms with Crippen molar-refractivity contribution in [1.29, 1.82) is 0 Å². The summed E-state index contributed by atoms with van der Waals surface area (Å²) in [6.07, 6.45) is 3.54. The largest absolute Gasteiger partial charge is 0.480 e. The minimum Gasteiger partial charge on any atom is -0.480 e. The van der Waals surface area contributed by atoms with Crippen molar-refractivity contribution < 1.29 is 4.74 Å². The molecule has 0 spiro atoms. The Morgan fingerprint density at radius 2 is 2.45 bits per heavy atom. The summed E-state index contributed by atoms with van der Waals surface area (Å²) in [5, 5.41) is 4.06. The summed E-state index contributed by atoms with van der Waals surface area (Å²) in [6, 6.07) is 3.60. The molecule has 4 nitrogen and oxygen atoms in total. The Morgan fingerprint density at radius 1 is 1.55 bits per heavy atom. The molecule has 0 radical (unpaired) electrons. The van der Waals surface area contributed by atoms with Crippen molar-refractivity contribution >= 4 is 5.65 Å². The zero-order valence-electron chi connectivity index (χ0n) is 6.06. The standard InChI is InChI=1S/C7H7N3O/c1-11-7-5-6-8-3-2-4-10(6)9-7/h2-5H,1H3. The molecule has 0 aliphatic rings. The Balaban J connectivity index is 2.69. The predicted molar refractivity (Wildman–Crippen MR) is 39.5 cm³/mol. The van der Waals surface area contributed by atoms with Crippen LogP contribution in [0.15, 0.2) is 24.5 Å². The number of rotatable bonds is 1. The van der Waals surface area contributed by atoms with Gasteiger partial charge in [-0.05, 0) is 6.07 Å². The molecule has 2 aromatic heterocycles. The second-order valence-electron chi connectivity index (χ2n) is 2.11. The molecule has 0 saturated heterocycles. The van der Waals surface area contributed by atoms with E-state index in [9.17, 15) is 0 Å². The first-order chi connectivity index (χ1) is 5.40.